The van der Waals surface area contributed by atoms with E-state index in [1.54, 1.807) is 6.07 Å². The highest BCUT2D eigenvalue weighted by Gasteiger charge is 2.27. The molecule has 0 fully saturated rings. The molecule has 3 rings (SSSR count). The van der Waals surface area contributed by atoms with E-state index in [2.05, 4.69) is 10.5 Å². The van der Waals surface area contributed by atoms with Crippen LogP contribution in [0.5, 0.6) is 0 Å². The normalized spacial score (nSPS) is 11.3. The van der Waals surface area contributed by atoms with Gasteiger partial charge in [-0.25, -0.2) is 18.2 Å². The lowest BCUT2D eigenvalue weighted by atomic mass is 10.2. The summed E-state index contributed by atoms with van der Waals surface area (Å²) in [6.45, 7) is -0.629. The molecule has 0 aliphatic heterocycles. The van der Waals surface area contributed by atoms with Gasteiger partial charge in [0.2, 0.25) is 0 Å². The third kappa shape index (κ3) is 5.52. The molecule has 3 aromatic rings. The number of carbonyl (C=O) groups excluding carboxylic acids is 1. The first-order chi connectivity index (χ1) is 15.3. The smallest absolute Gasteiger partial charge is 0.269 e. The summed E-state index contributed by atoms with van der Waals surface area (Å²) in [5.41, 5.74) is 2.59. The number of nitro benzene ring substituents is 1. The predicted octanol–water partition coefficient (Wildman–Crippen LogP) is 3.08. The predicted molar refractivity (Wildman–Crippen MR) is 116 cm³/mol. The maximum absolute atomic E-state index is 13.2. The van der Waals surface area contributed by atoms with E-state index in [1.165, 1.54) is 66.9 Å². The third-order valence-corrected chi connectivity index (χ3v) is 6.03. The van der Waals surface area contributed by atoms with E-state index < -0.39 is 33.2 Å². The summed E-state index contributed by atoms with van der Waals surface area (Å²) in [6, 6.07) is 17.6. The van der Waals surface area contributed by atoms with Crippen molar-refractivity contribution in [3.8, 4) is 0 Å². The molecule has 0 aromatic heterocycles. The topological polar surface area (TPSA) is 122 Å². The Morgan fingerprint density at radius 3 is 2.25 bits per heavy atom. The first kappa shape index (κ1) is 22.6. The van der Waals surface area contributed by atoms with Crippen LogP contribution in [0.3, 0.4) is 0 Å². The van der Waals surface area contributed by atoms with Gasteiger partial charge in [0.05, 0.1) is 21.7 Å². The minimum atomic E-state index is -4.16. The van der Waals surface area contributed by atoms with Gasteiger partial charge in [0, 0.05) is 12.1 Å². The summed E-state index contributed by atoms with van der Waals surface area (Å²) < 4.78 is 40.1. The third-order valence-electron chi connectivity index (χ3n) is 4.24. The van der Waals surface area contributed by atoms with E-state index in [0.717, 1.165) is 16.4 Å². The van der Waals surface area contributed by atoms with Gasteiger partial charge < -0.3 is 0 Å². The molecule has 0 aliphatic rings. The lowest BCUT2D eigenvalue weighted by Crippen LogP contribution is -2.39. The average molecular weight is 456 g/mol. The Bertz CT molecular complexity index is 1230. The number of anilines is 1. The van der Waals surface area contributed by atoms with E-state index in [4.69, 9.17) is 0 Å². The summed E-state index contributed by atoms with van der Waals surface area (Å²) in [4.78, 5) is 22.7. The number of non-ortho nitro benzene ring substituents is 1. The Labute approximate surface area is 183 Å². The monoisotopic (exact) mass is 456 g/mol. The first-order valence-electron chi connectivity index (χ1n) is 9.17. The molecular formula is C21H17FN4O5S. The number of hydrogen-bond acceptors (Lipinski definition) is 6. The van der Waals surface area contributed by atoms with Crippen LogP contribution in [-0.2, 0) is 14.8 Å². The van der Waals surface area contributed by atoms with Gasteiger partial charge in [-0.3, -0.25) is 19.2 Å². The minimum Gasteiger partial charge on any atom is -0.271 e. The lowest BCUT2D eigenvalue weighted by Gasteiger charge is -2.23. The van der Waals surface area contributed by atoms with E-state index in [9.17, 15) is 27.7 Å². The molecule has 3 aromatic carbocycles. The zero-order valence-corrected chi connectivity index (χ0v) is 17.3. The highest BCUT2D eigenvalue weighted by atomic mass is 32.2. The number of nitrogens with one attached hydrogen (secondary N) is 1. The quantitative estimate of drug-likeness (QED) is 0.317. The molecule has 0 spiro atoms. The molecule has 1 amide bonds. The van der Waals surface area contributed by atoms with Crippen molar-refractivity contribution >= 4 is 33.5 Å². The number of hydrogen-bond donors (Lipinski definition) is 1. The van der Waals surface area contributed by atoms with Crippen molar-refractivity contribution < 1.29 is 22.5 Å². The fourth-order valence-electron chi connectivity index (χ4n) is 2.67. The van der Waals surface area contributed by atoms with Gasteiger partial charge in [0.1, 0.15) is 12.4 Å². The molecule has 0 atom stereocenters. The molecule has 0 aliphatic carbocycles. The Morgan fingerprint density at radius 2 is 1.66 bits per heavy atom. The van der Waals surface area contributed by atoms with Crippen molar-refractivity contribution in [1.29, 1.82) is 0 Å². The largest absolute Gasteiger partial charge is 0.271 e. The number of benzene rings is 3. The standard InChI is InChI=1S/C21H17FN4O5S/c22-17-8-6-16(7-9-17)14-23-24-21(27)15-25(18-10-12-19(13-11-18)26(28)29)32(30,31)20-4-2-1-3-5-20/h1-14H,15H2,(H,24,27)/b23-14-. The second kappa shape index (κ2) is 9.79. The highest BCUT2D eigenvalue weighted by Crippen LogP contribution is 2.25. The van der Waals surface area contributed by atoms with Crippen molar-refractivity contribution in [2.75, 3.05) is 10.8 Å². The number of nitrogens with zero attached hydrogens (tertiary/aromatic N) is 3. The molecular weight excluding hydrogens is 439 g/mol. The van der Waals surface area contributed by atoms with Gasteiger partial charge in [-0.2, -0.15) is 5.10 Å². The summed E-state index contributed by atoms with van der Waals surface area (Å²) in [7, 11) is -4.16. The van der Waals surface area contributed by atoms with Crippen molar-refractivity contribution in [2.24, 2.45) is 5.10 Å². The number of hydrazone groups is 1. The van der Waals surface area contributed by atoms with Crippen LogP contribution in [0.4, 0.5) is 15.8 Å². The van der Waals surface area contributed by atoms with Crippen molar-refractivity contribution in [3.63, 3.8) is 0 Å². The van der Waals surface area contributed by atoms with Gasteiger partial charge >= 0.3 is 0 Å². The van der Waals surface area contributed by atoms with Crippen LogP contribution in [0.2, 0.25) is 0 Å². The van der Waals surface area contributed by atoms with Crippen molar-refractivity contribution in [2.45, 2.75) is 4.90 Å². The van der Waals surface area contributed by atoms with Crippen LogP contribution in [0.25, 0.3) is 0 Å². The van der Waals surface area contributed by atoms with E-state index in [0.29, 0.717) is 5.56 Å². The minimum absolute atomic E-state index is 0.0547. The maximum atomic E-state index is 13.2. The van der Waals surface area contributed by atoms with Crippen LogP contribution in [0.15, 0.2) is 88.9 Å². The van der Waals surface area contributed by atoms with Crippen LogP contribution < -0.4 is 9.73 Å². The van der Waals surface area contributed by atoms with Gasteiger partial charge in [-0.05, 0) is 42.0 Å². The van der Waals surface area contributed by atoms with Crippen molar-refractivity contribution in [3.05, 3.63) is 100 Å². The number of rotatable bonds is 8. The van der Waals surface area contributed by atoms with Crippen LogP contribution in [-0.4, -0.2) is 32.0 Å². The number of amides is 1. The molecule has 0 heterocycles. The zero-order chi connectivity index (χ0) is 23.1. The summed E-state index contributed by atoms with van der Waals surface area (Å²) in [5, 5.41) is 14.7. The average Bonchev–Trinajstić information content (AvgIpc) is 2.79. The molecule has 164 valence electrons. The van der Waals surface area contributed by atoms with Crippen LogP contribution >= 0.6 is 0 Å². The zero-order valence-electron chi connectivity index (χ0n) is 16.5. The summed E-state index contributed by atoms with van der Waals surface area (Å²) in [5.74, 6) is -1.17. The Hall–Kier alpha value is -4.12. The number of carbonyl (C=O) groups is 1. The van der Waals surface area contributed by atoms with Gasteiger partial charge in [0.15, 0.2) is 0 Å². The second-order valence-corrected chi connectivity index (χ2v) is 8.31. The SMILES string of the molecule is O=C(CN(c1ccc([N+](=O)[O-])cc1)S(=O)(=O)c1ccccc1)N/N=C\c1ccc(F)cc1. The molecule has 1 N–H and O–H groups in total. The molecule has 0 unspecified atom stereocenters. The highest BCUT2D eigenvalue weighted by molar-refractivity contribution is 7.92. The van der Waals surface area contributed by atoms with Gasteiger partial charge in [-0.1, -0.05) is 30.3 Å². The molecule has 0 bridgehead atoms. The maximum Gasteiger partial charge on any atom is 0.269 e. The Kier molecular flexibility index (Phi) is 6.90. The van der Waals surface area contributed by atoms with E-state index in [1.807, 2.05) is 0 Å². The fourth-order valence-corrected chi connectivity index (χ4v) is 4.11. The summed E-state index contributed by atoms with van der Waals surface area (Å²) >= 11 is 0. The number of sulfonamides is 1. The Balaban J connectivity index is 1.84. The molecule has 11 heteroatoms. The molecule has 0 radical (unpaired) electrons. The lowest BCUT2D eigenvalue weighted by molar-refractivity contribution is -0.384. The van der Waals surface area contributed by atoms with Crippen LogP contribution in [0.1, 0.15) is 5.56 Å². The van der Waals surface area contributed by atoms with Crippen molar-refractivity contribution in [1.82, 2.24) is 5.43 Å². The van der Waals surface area contributed by atoms with Gasteiger partial charge in [0.25, 0.3) is 21.6 Å². The van der Waals surface area contributed by atoms with E-state index >= 15 is 0 Å². The fraction of sp³-hybridized carbons (Fsp3) is 0.0476. The summed E-state index contributed by atoms with van der Waals surface area (Å²) in [6.07, 6.45) is 1.28. The molecule has 9 nitrogen and oxygen atoms in total. The molecule has 32 heavy (non-hydrogen) atoms. The van der Waals surface area contributed by atoms with E-state index in [-0.39, 0.29) is 16.3 Å². The second-order valence-electron chi connectivity index (χ2n) is 6.44. The number of nitro groups is 1. The molecule has 0 saturated carbocycles. The number of halogens is 1. The van der Waals surface area contributed by atoms with Gasteiger partial charge in [-0.15, -0.1) is 0 Å². The first-order valence-corrected chi connectivity index (χ1v) is 10.6. The van der Waals surface area contributed by atoms with Crippen LogP contribution in [0, 0.1) is 15.9 Å². The Morgan fingerprint density at radius 1 is 1.03 bits per heavy atom. The molecule has 0 saturated heterocycles.